The Hall–Kier alpha value is -5.56. The summed E-state index contributed by atoms with van der Waals surface area (Å²) in [6, 6.07) is 1.98. The first kappa shape index (κ1) is 31.0. The van der Waals surface area contributed by atoms with Crippen LogP contribution < -0.4 is 9.47 Å². The summed E-state index contributed by atoms with van der Waals surface area (Å²) in [6.07, 6.45) is -10.4. The van der Waals surface area contributed by atoms with Gasteiger partial charge in [0.2, 0.25) is 0 Å². The number of nitro groups is 4. The molecule has 0 atom stereocenters. The van der Waals surface area contributed by atoms with E-state index in [2.05, 4.69) is 0 Å². The van der Waals surface area contributed by atoms with Gasteiger partial charge in [0.25, 0.3) is 11.5 Å². The fraction of sp³-hybridized carbons (Fsp3) is 0.182. The van der Waals surface area contributed by atoms with Crippen molar-refractivity contribution in [2.24, 2.45) is 0 Å². The normalized spacial score (nSPS) is 11.6. The molecule has 0 unspecified atom stereocenters. The van der Waals surface area contributed by atoms with E-state index in [1.54, 1.807) is 0 Å². The van der Waals surface area contributed by atoms with Crippen LogP contribution in [0.3, 0.4) is 0 Å². The molecule has 0 heterocycles. The van der Waals surface area contributed by atoms with E-state index in [4.69, 9.17) is 9.47 Å². The molecule has 0 N–H and O–H groups in total. The molecule has 0 aliphatic heterocycles. The SMILES string of the molecule is Cc1cc(Oc2c([N+](=O)[O-])cc(C(F)(F)F)cc2[N+](=O)[O-])cc(C)c1Oc1c([N+](=O)[O-])cc(C(F)(F)F)cc1[N+](=O)[O-]. The molecule has 0 aromatic heterocycles. The molecule has 0 aliphatic carbocycles. The van der Waals surface area contributed by atoms with Crippen LogP contribution in [0.25, 0.3) is 0 Å². The Morgan fingerprint density at radius 2 is 0.810 bits per heavy atom. The molecule has 222 valence electrons. The molecular weight excluding hydrogens is 594 g/mol. The maximum atomic E-state index is 13.2. The zero-order chi connectivity index (χ0) is 31.9. The molecule has 3 rings (SSSR count). The van der Waals surface area contributed by atoms with Gasteiger partial charge in [0.1, 0.15) is 11.5 Å². The molecular formula is C22H12F6N4O10. The predicted octanol–water partition coefficient (Wildman–Crippen LogP) is 7.56. The predicted molar refractivity (Wildman–Crippen MR) is 126 cm³/mol. The lowest BCUT2D eigenvalue weighted by Crippen LogP contribution is -2.09. The van der Waals surface area contributed by atoms with Crippen LogP contribution in [0.5, 0.6) is 23.0 Å². The van der Waals surface area contributed by atoms with Crippen LogP contribution in [0.2, 0.25) is 0 Å². The zero-order valence-electron chi connectivity index (χ0n) is 20.6. The van der Waals surface area contributed by atoms with E-state index in [0.717, 1.165) is 12.1 Å². The van der Waals surface area contributed by atoms with Gasteiger partial charge in [-0.05, 0) is 37.1 Å². The maximum Gasteiger partial charge on any atom is 0.416 e. The molecule has 3 aromatic rings. The van der Waals surface area contributed by atoms with Gasteiger partial charge in [-0.1, -0.05) is 0 Å². The van der Waals surface area contributed by atoms with Crippen LogP contribution in [0, 0.1) is 54.3 Å². The molecule has 0 saturated heterocycles. The van der Waals surface area contributed by atoms with Crippen LogP contribution in [0.1, 0.15) is 22.3 Å². The molecule has 0 radical (unpaired) electrons. The summed E-state index contributed by atoms with van der Waals surface area (Å²) in [4.78, 5) is 40.5. The number of aryl methyl sites for hydroxylation is 2. The first-order valence-electron chi connectivity index (χ1n) is 10.8. The average molecular weight is 606 g/mol. The smallest absolute Gasteiger partial charge is 0.416 e. The van der Waals surface area contributed by atoms with E-state index in [1.807, 2.05) is 0 Å². The first-order chi connectivity index (χ1) is 19.2. The van der Waals surface area contributed by atoms with Crippen molar-refractivity contribution in [1.82, 2.24) is 0 Å². The molecule has 3 aromatic carbocycles. The van der Waals surface area contributed by atoms with Gasteiger partial charge in [0.15, 0.2) is 0 Å². The van der Waals surface area contributed by atoms with Crippen LogP contribution in [-0.4, -0.2) is 19.7 Å². The monoisotopic (exact) mass is 606 g/mol. The Bertz CT molecular complexity index is 1560. The van der Waals surface area contributed by atoms with Gasteiger partial charge in [-0.2, -0.15) is 26.3 Å². The van der Waals surface area contributed by atoms with E-state index in [9.17, 15) is 66.8 Å². The Morgan fingerprint density at radius 3 is 1.07 bits per heavy atom. The highest BCUT2D eigenvalue weighted by Crippen LogP contribution is 2.48. The molecule has 0 aliphatic rings. The van der Waals surface area contributed by atoms with E-state index < -0.39 is 83.2 Å². The van der Waals surface area contributed by atoms with Crippen LogP contribution in [-0.2, 0) is 12.4 Å². The van der Waals surface area contributed by atoms with Crippen molar-refractivity contribution in [3.63, 3.8) is 0 Å². The fourth-order valence-electron chi connectivity index (χ4n) is 3.63. The lowest BCUT2D eigenvalue weighted by atomic mass is 10.1. The summed E-state index contributed by atoms with van der Waals surface area (Å²) in [5.41, 5.74) is -9.27. The number of hydrogen-bond acceptors (Lipinski definition) is 10. The Morgan fingerprint density at radius 1 is 0.524 bits per heavy atom. The number of ether oxygens (including phenoxy) is 2. The number of nitrogens with zero attached hydrogens (tertiary/aromatic N) is 4. The van der Waals surface area contributed by atoms with Crippen molar-refractivity contribution < 1.29 is 55.5 Å². The first-order valence-corrected chi connectivity index (χ1v) is 10.8. The molecule has 0 amide bonds. The van der Waals surface area contributed by atoms with Crippen LogP contribution in [0.15, 0.2) is 36.4 Å². The van der Waals surface area contributed by atoms with E-state index in [1.165, 1.54) is 13.8 Å². The van der Waals surface area contributed by atoms with Gasteiger partial charge in [-0.25, -0.2) is 0 Å². The largest absolute Gasteiger partial charge is 0.444 e. The lowest BCUT2D eigenvalue weighted by Gasteiger charge is -2.16. The molecule has 0 saturated carbocycles. The van der Waals surface area contributed by atoms with E-state index in [-0.39, 0.29) is 41.1 Å². The third-order valence-corrected chi connectivity index (χ3v) is 5.40. The summed E-state index contributed by atoms with van der Waals surface area (Å²) in [5, 5.41) is 45.9. The highest BCUT2D eigenvalue weighted by Gasteiger charge is 2.40. The second-order valence-electron chi connectivity index (χ2n) is 8.30. The highest BCUT2D eigenvalue weighted by atomic mass is 19.4. The number of nitro benzene ring substituents is 4. The van der Waals surface area contributed by atoms with Crippen molar-refractivity contribution in [2.45, 2.75) is 26.2 Å². The quantitative estimate of drug-likeness (QED) is 0.140. The zero-order valence-corrected chi connectivity index (χ0v) is 20.6. The summed E-state index contributed by atoms with van der Waals surface area (Å²) < 4.78 is 89.6. The topological polar surface area (TPSA) is 191 Å². The highest BCUT2D eigenvalue weighted by molar-refractivity contribution is 5.66. The summed E-state index contributed by atoms with van der Waals surface area (Å²) >= 11 is 0. The fourth-order valence-corrected chi connectivity index (χ4v) is 3.63. The Kier molecular flexibility index (Phi) is 7.95. The van der Waals surface area contributed by atoms with E-state index >= 15 is 0 Å². The van der Waals surface area contributed by atoms with Gasteiger partial charge in [0.05, 0.1) is 30.8 Å². The van der Waals surface area contributed by atoms with Crippen LogP contribution >= 0.6 is 0 Å². The number of rotatable bonds is 8. The molecule has 14 nitrogen and oxygen atoms in total. The third kappa shape index (κ3) is 6.26. The minimum absolute atomic E-state index is 0.0163. The number of halogens is 6. The molecule has 42 heavy (non-hydrogen) atoms. The van der Waals surface area contributed by atoms with Gasteiger partial charge in [-0.3, -0.25) is 40.5 Å². The third-order valence-electron chi connectivity index (χ3n) is 5.40. The van der Waals surface area contributed by atoms with Crippen molar-refractivity contribution in [3.8, 4) is 23.0 Å². The molecule has 20 heteroatoms. The maximum absolute atomic E-state index is 13.2. The minimum Gasteiger partial charge on any atom is -0.444 e. The number of alkyl halides is 6. The van der Waals surface area contributed by atoms with Crippen molar-refractivity contribution in [1.29, 1.82) is 0 Å². The average Bonchev–Trinajstić information content (AvgIpc) is 2.84. The van der Waals surface area contributed by atoms with Gasteiger partial charge < -0.3 is 9.47 Å². The van der Waals surface area contributed by atoms with Gasteiger partial charge >= 0.3 is 35.1 Å². The second-order valence-corrected chi connectivity index (χ2v) is 8.30. The Labute approximate surface area is 227 Å². The van der Waals surface area contributed by atoms with Crippen molar-refractivity contribution >= 4 is 22.7 Å². The lowest BCUT2D eigenvalue weighted by molar-refractivity contribution is -0.396. The van der Waals surface area contributed by atoms with Gasteiger partial charge in [0, 0.05) is 24.3 Å². The summed E-state index contributed by atoms with van der Waals surface area (Å²) in [5.74, 6) is -3.18. The summed E-state index contributed by atoms with van der Waals surface area (Å²) in [7, 11) is 0. The standard InChI is InChI=1S/C22H12F6N4O10/c1-9-3-13(41-19-14(29(33)34)5-11(21(23,24)25)6-15(19)30(35)36)4-10(2)18(9)42-20-16(31(37)38)7-12(22(26,27)28)8-17(20)32(39)40/h3-8H,1-2H3. The van der Waals surface area contributed by atoms with E-state index in [0.29, 0.717) is 0 Å². The number of hydrogen-bond donors (Lipinski definition) is 0. The number of benzene rings is 3. The van der Waals surface area contributed by atoms with Crippen molar-refractivity contribution in [2.75, 3.05) is 0 Å². The Balaban J connectivity index is 2.16. The molecule has 0 fully saturated rings. The molecule has 0 bridgehead atoms. The molecule has 0 spiro atoms. The summed E-state index contributed by atoms with van der Waals surface area (Å²) in [6.45, 7) is 2.40. The van der Waals surface area contributed by atoms with Gasteiger partial charge in [-0.15, -0.1) is 0 Å². The minimum atomic E-state index is -5.19. The second kappa shape index (κ2) is 10.8. The van der Waals surface area contributed by atoms with Crippen molar-refractivity contribution in [3.05, 3.63) is 99.1 Å². The van der Waals surface area contributed by atoms with Crippen LogP contribution in [0.4, 0.5) is 49.1 Å².